The van der Waals surface area contributed by atoms with Gasteiger partial charge >= 0.3 is 6.43 Å². The van der Waals surface area contributed by atoms with Gasteiger partial charge in [-0.05, 0) is 42.7 Å². The van der Waals surface area contributed by atoms with E-state index in [2.05, 4.69) is 0 Å². The molecule has 0 aliphatic rings. The molecule has 0 atom stereocenters. The third-order valence-electron chi connectivity index (χ3n) is 3.17. The molecule has 0 aliphatic carbocycles. The minimum atomic E-state index is -2.99. The lowest BCUT2D eigenvalue weighted by atomic mass is 10.0. The molecule has 0 spiro atoms. The molecule has 0 bridgehead atoms. The van der Waals surface area contributed by atoms with E-state index < -0.39 is 12.2 Å². The van der Waals surface area contributed by atoms with Crippen LogP contribution in [0.4, 0.5) is 8.78 Å². The summed E-state index contributed by atoms with van der Waals surface area (Å²) in [6.07, 6.45) is -2.99. The maximum absolute atomic E-state index is 12.5. The lowest BCUT2D eigenvalue weighted by Crippen LogP contribution is -2.11. The molecule has 0 aromatic heterocycles. The van der Waals surface area contributed by atoms with Gasteiger partial charge in [-0.2, -0.15) is 0 Å². The van der Waals surface area contributed by atoms with Crippen LogP contribution in [0.5, 0.6) is 5.75 Å². The Balaban J connectivity index is 2.19. The number of Topliss-reactive ketones (excluding diaryl/α,β-unsaturated/α-hetero) is 1. The lowest BCUT2D eigenvalue weighted by molar-refractivity contribution is 0.0678. The van der Waals surface area contributed by atoms with Crippen LogP contribution in [0, 0.1) is 13.8 Å². The highest BCUT2D eigenvalue weighted by molar-refractivity contribution is 5.99. The molecule has 0 radical (unpaired) electrons. The number of rotatable bonds is 5. The molecule has 21 heavy (non-hydrogen) atoms. The predicted molar refractivity (Wildman–Crippen MR) is 77.0 cm³/mol. The standard InChI is InChI=1S/C17H16F2O2/c1-11-8-14(15(20)17(18)19)9-12(2)16(11)21-10-13-6-4-3-5-7-13/h3-9,17H,10H2,1-2H3. The first-order valence-corrected chi connectivity index (χ1v) is 6.59. The summed E-state index contributed by atoms with van der Waals surface area (Å²) < 4.78 is 30.7. The minimum absolute atomic E-state index is 0.0204. The minimum Gasteiger partial charge on any atom is -0.488 e. The average Bonchev–Trinajstić information content (AvgIpc) is 2.46. The summed E-state index contributed by atoms with van der Waals surface area (Å²) in [5.74, 6) is -0.527. The van der Waals surface area contributed by atoms with Gasteiger partial charge in [0.15, 0.2) is 0 Å². The molecule has 2 aromatic carbocycles. The molecule has 0 aliphatic heterocycles. The first-order chi connectivity index (χ1) is 9.99. The Morgan fingerprint density at radius 3 is 2.19 bits per heavy atom. The molecule has 0 N–H and O–H groups in total. The van der Waals surface area contributed by atoms with E-state index in [4.69, 9.17) is 4.74 Å². The predicted octanol–water partition coefficient (Wildman–Crippen LogP) is 4.33. The lowest BCUT2D eigenvalue weighted by Gasteiger charge is -2.14. The molecule has 0 heterocycles. The Labute approximate surface area is 122 Å². The first-order valence-electron chi connectivity index (χ1n) is 6.59. The van der Waals surface area contributed by atoms with Crippen LogP contribution >= 0.6 is 0 Å². The van der Waals surface area contributed by atoms with Crippen molar-refractivity contribution in [3.8, 4) is 5.75 Å². The Morgan fingerprint density at radius 1 is 1.10 bits per heavy atom. The van der Waals surface area contributed by atoms with E-state index in [1.165, 1.54) is 12.1 Å². The maximum atomic E-state index is 12.5. The van der Waals surface area contributed by atoms with Gasteiger partial charge in [-0.15, -0.1) is 0 Å². The van der Waals surface area contributed by atoms with Crippen molar-refractivity contribution in [3.05, 3.63) is 64.7 Å². The van der Waals surface area contributed by atoms with Gasteiger partial charge in [-0.3, -0.25) is 4.79 Å². The van der Waals surface area contributed by atoms with Crippen molar-refractivity contribution in [2.75, 3.05) is 0 Å². The van der Waals surface area contributed by atoms with E-state index >= 15 is 0 Å². The summed E-state index contributed by atoms with van der Waals surface area (Å²) in [5.41, 5.74) is 2.39. The first kappa shape index (κ1) is 15.2. The number of hydrogen-bond donors (Lipinski definition) is 0. The zero-order chi connectivity index (χ0) is 15.4. The molecule has 0 unspecified atom stereocenters. The number of aryl methyl sites for hydroxylation is 2. The second-order valence-corrected chi connectivity index (χ2v) is 4.88. The summed E-state index contributed by atoms with van der Waals surface area (Å²) >= 11 is 0. The molecule has 0 saturated heterocycles. The van der Waals surface area contributed by atoms with Gasteiger partial charge in [-0.1, -0.05) is 30.3 Å². The van der Waals surface area contributed by atoms with E-state index in [1.54, 1.807) is 13.8 Å². The van der Waals surface area contributed by atoms with Crippen molar-refractivity contribution in [1.29, 1.82) is 0 Å². The number of alkyl halides is 2. The van der Waals surface area contributed by atoms with Crippen LogP contribution in [0.1, 0.15) is 27.0 Å². The Hall–Kier alpha value is -2.23. The second-order valence-electron chi connectivity index (χ2n) is 4.88. The Bertz CT molecular complexity index is 613. The van der Waals surface area contributed by atoms with Crippen LogP contribution in [0.15, 0.2) is 42.5 Å². The molecule has 2 aromatic rings. The van der Waals surface area contributed by atoms with Crippen molar-refractivity contribution in [2.45, 2.75) is 26.9 Å². The Morgan fingerprint density at radius 2 is 1.67 bits per heavy atom. The normalized spacial score (nSPS) is 10.7. The Kier molecular flexibility index (Phi) is 4.68. The van der Waals surface area contributed by atoms with Crippen molar-refractivity contribution >= 4 is 5.78 Å². The number of carbonyl (C=O) groups is 1. The molecule has 110 valence electrons. The molecule has 2 nitrogen and oxygen atoms in total. The monoisotopic (exact) mass is 290 g/mol. The summed E-state index contributed by atoms with van der Waals surface area (Å²) in [7, 11) is 0. The van der Waals surface area contributed by atoms with Gasteiger partial charge in [0, 0.05) is 5.56 Å². The SMILES string of the molecule is Cc1cc(C(=O)C(F)F)cc(C)c1OCc1ccccc1. The van der Waals surface area contributed by atoms with E-state index in [1.807, 2.05) is 30.3 Å². The van der Waals surface area contributed by atoms with Crippen molar-refractivity contribution in [2.24, 2.45) is 0 Å². The number of halogens is 2. The molecule has 4 heteroatoms. The fourth-order valence-electron chi connectivity index (χ4n) is 2.18. The molecule has 0 fully saturated rings. The smallest absolute Gasteiger partial charge is 0.300 e. The van der Waals surface area contributed by atoms with Crippen molar-refractivity contribution in [3.63, 3.8) is 0 Å². The van der Waals surface area contributed by atoms with Crippen molar-refractivity contribution < 1.29 is 18.3 Å². The second kappa shape index (κ2) is 6.48. The van der Waals surface area contributed by atoms with E-state index in [9.17, 15) is 13.6 Å². The number of ether oxygens (including phenoxy) is 1. The van der Waals surface area contributed by atoms with Gasteiger partial charge in [0.1, 0.15) is 12.4 Å². The zero-order valence-corrected chi connectivity index (χ0v) is 11.9. The highest BCUT2D eigenvalue weighted by Gasteiger charge is 2.19. The summed E-state index contributed by atoms with van der Waals surface area (Å²) in [5, 5.41) is 0. The molecule has 0 amide bonds. The van der Waals surface area contributed by atoms with Gasteiger partial charge < -0.3 is 4.74 Å². The number of hydrogen-bond acceptors (Lipinski definition) is 2. The van der Waals surface area contributed by atoms with Crippen LogP contribution in [0.25, 0.3) is 0 Å². The van der Waals surface area contributed by atoms with Crippen molar-refractivity contribution in [1.82, 2.24) is 0 Å². The van der Waals surface area contributed by atoms with Crippen LogP contribution < -0.4 is 4.74 Å². The van der Waals surface area contributed by atoms with E-state index in [-0.39, 0.29) is 5.56 Å². The molecule has 2 rings (SSSR count). The molecule has 0 saturated carbocycles. The average molecular weight is 290 g/mol. The van der Waals surface area contributed by atoms with E-state index in [0.29, 0.717) is 23.5 Å². The van der Waals surface area contributed by atoms with Crippen LogP contribution in [-0.2, 0) is 6.61 Å². The summed E-state index contributed by atoms with van der Waals surface area (Å²) in [4.78, 5) is 11.3. The van der Waals surface area contributed by atoms with Gasteiger partial charge in [0.2, 0.25) is 5.78 Å². The van der Waals surface area contributed by atoms with Crippen LogP contribution in [-0.4, -0.2) is 12.2 Å². The van der Waals surface area contributed by atoms with Crippen LogP contribution in [0.3, 0.4) is 0 Å². The number of benzene rings is 2. The highest BCUT2D eigenvalue weighted by Crippen LogP contribution is 2.26. The fourth-order valence-corrected chi connectivity index (χ4v) is 2.18. The third kappa shape index (κ3) is 3.66. The van der Waals surface area contributed by atoms with Gasteiger partial charge in [0.05, 0.1) is 0 Å². The number of carbonyl (C=O) groups excluding carboxylic acids is 1. The largest absolute Gasteiger partial charge is 0.488 e. The number of ketones is 1. The maximum Gasteiger partial charge on any atom is 0.300 e. The highest BCUT2D eigenvalue weighted by atomic mass is 19.3. The van der Waals surface area contributed by atoms with E-state index in [0.717, 1.165) is 5.56 Å². The van der Waals surface area contributed by atoms with Crippen LogP contribution in [0.2, 0.25) is 0 Å². The third-order valence-corrected chi connectivity index (χ3v) is 3.17. The summed E-state index contributed by atoms with van der Waals surface area (Å²) in [6.45, 7) is 3.88. The van der Waals surface area contributed by atoms with Gasteiger partial charge in [0.25, 0.3) is 0 Å². The molecular formula is C17H16F2O2. The summed E-state index contributed by atoms with van der Waals surface area (Å²) in [6, 6.07) is 12.5. The topological polar surface area (TPSA) is 26.3 Å². The quantitative estimate of drug-likeness (QED) is 0.766. The fraction of sp³-hybridized carbons (Fsp3) is 0.235. The zero-order valence-electron chi connectivity index (χ0n) is 11.9. The molecular weight excluding hydrogens is 274 g/mol. The van der Waals surface area contributed by atoms with Gasteiger partial charge in [-0.25, -0.2) is 8.78 Å².